The molecule has 0 aliphatic rings. The molecule has 0 rings (SSSR count). The number of rotatable bonds is 8. The predicted molar refractivity (Wildman–Crippen MR) is 72.9 cm³/mol. The summed E-state index contributed by atoms with van der Waals surface area (Å²) < 4.78 is 4.94. The first-order valence-corrected chi connectivity index (χ1v) is 8.87. The van der Waals surface area contributed by atoms with E-state index < -0.39 is 23.0 Å². The molecule has 0 heterocycles. The van der Waals surface area contributed by atoms with Crippen LogP contribution in [0.1, 0.15) is 32.6 Å². The summed E-state index contributed by atoms with van der Waals surface area (Å²) >= 11 is 21.6. The smallest absolute Gasteiger partial charge is 0.322 e. The third-order valence-electron chi connectivity index (χ3n) is 1.96. The van der Waals surface area contributed by atoms with Crippen LogP contribution in [0.2, 0.25) is 0 Å². The fourth-order valence-corrected chi connectivity index (χ4v) is 2.70. The summed E-state index contributed by atoms with van der Waals surface area (Å²) in [5.74, 6) is 0. The standard InChI is InChI=1S/C8H16Cl3O3PS/c1-2-3-4-5-6(7(9)8(10)11)14-15(12,13)16/h6-8H,2-5H2,1H3,(H2,12,13,16). The maximum Gasteiger partial charge on any atom is 0.322 e. The van der Waals surface area contributed by atoms with Crippen LogP contribution in [0.25, 0.3) is 0 Å². The van der Waals surface area contributed by atoms with Gasteiger partial charge in [-0.3, -0.25) is 0 Å². The quantitative estimate of drug-likeness (QED) is 0.406. The van der Waals surface area contributed by atoms with E-state index in [1.807, 2.05) is 0 Å². The minimum atomic E-state index is -3.73. The van der Waals surface area contributed by atoms with Crippen LogP contribution in [-0.4, -0.2) is 26.1 Å². The molecular weight excluding hydrogens is 313 g/mol. The van der Waals surface area contributed by atoms with Gasteiger partial charge in [0.25, 0.3) is 0 Å². The minimum Gasteiger partial charge on any atom is -0.325 e. The fraction of sp³-hybridized carbons (Fsp3) is 1.00. The summed E-state index contributed by atoms with van der Waals surface area (Å²) in [6, 6.07) is 0. The first kappa shape index (κ1) is 17.4. The van der Waals surface area contributed by atoms with Gasteiger partial charge in [-0.15, -0.1) is 34.8 Å². The number of halogens is 3. The first-order valence-electron chi connectivity index (χ1n) is 4.94. The lowest BCUT2D eigenvalue weighted by molar-refractivity contribution is 0.155. The van der Waals surface area contributed by atoms with Crippen molar-refractivity contribution in [1.29, 1.82) is 0 Å². The molecule has 0 aromatic rings. The number of hydrogen-bond donors (Lipinski definition) is 2. The van der Waals surface area contributed by atoms with E-state index in [9.17, 15) is 0 Å². The number of hydrogen-bond acceptors (Lipinski definition) is 2. The number of alkyl halides is 3. The first-order chi connectivity index (χ1) is 7.28. The van der Waals surface area contributed by atoms with Crippen LogP contribution in [0.4, 0.5) is 0 Å². The van der Waals surface area contributed by atoms with Gasteiger partial charge in [0, 0.05) is 0 Å². The van der Waals surface area contributed by atoms with Gasteiger partial charge in [-0.2, -0.15) is 0 Å². The Balaban J connectivity index is 4.32. The lowest BCUT2D eigenvalue weighted by Crippen LogP contribution is -2.28. The summed E-state index contributed by atoms with van der Waals surface area (Å²) in [7, 11) is 0. The van der Waals surface area contributed by atoms with Crippen LogP contribution in [0.5, 0.6) is 0 Å². The zero-order valence-corrected chi connectivity index (χ0v) is 12.8. The summed E-state index contributed by atoms with van der Waals surface area (Å²) in [5, 5.41) is -0.707. The van der Waals surface area contributed by atoms with Crippen LogP contribution < -0.4 is 0 Å². The third-order valence-corrected chi connectivity index (χ3v) is 4.10. The van der Waals surface area contributed by atoms with Crippen molar-refractivity contribution in [2.45, 2.75) is 48.9 Å². The van der Waals surface area contributed by atoms with Gasteiger partial charge in [-0.05, 0) is 18.2 Å². The normalized spacial score (nSPS) is 16.4. The third kappa shape index (κ3) is 8.48. The molecule has 2 N–H and O–H groups in total. The highest BCUT2D eigenvalue weighted by Gasteiger charge is 2.29. The van der Waals surface area contributed by atoms with E-state index in [-0.39, 0.29) is 0 Å². The van der Waals surface area contributed by atoms with Gasteiger partial charge in [0.1, 0.15) is 4.84 Å². The van der Waals surface area contributed by atoms with Crippen LogP contribution in [0.15, 0.2) is 0 Å². The topological polar surface area (TPSA) is 49.7 Å². The van der Waals surface area contributed by atoms with Crippen LogP contribution in [0.3, 0.4) is 0 Å². The van der Waals surface area contributed by atoms with Crippen molar-refractivity contribution in [3.8, 4) is 0 Å². The Kier molecular flexibility index (Phi) is 9.24. The fourth-order valence-electron chi connectivity index (χ4n) is 1.20. The molecule has 0 amide bonds. The Morgan fingerprint density at radius 1 is 1.25 bits per heavy atom. The van der Waals surface area contributed by atoms with Crippen molar-refractivity contribution in [3.63, 3.8) is 0 Å². The molecule has 0 radical (unpaired) electrons. The SMILES string of the molecule is CCCCCC(OP(O)(O)=S)C(Cl)C(Cl)Cl. The Morgan fingerprint density at radius 2 is 1.81 bits per heavy atom. The zero-order valence-electron chi connectivity index (χ0n) is 8.85. The molecule has 0 fully saturated rings. The van der Waals surface area contributed by atoms with Crippen molar-refractivity contribution in [3.05, 3.63) is 0 Å². The highest BCUT2D eigenvalue weighted by atomic mass is 35.5. The van der Waals surface area contributed by atoms with Gasteiger partial charge in [0.15, 0.2) is 0 Å². The van der Waals surface area contributed by atoms with E-state index in [1.165, 1.54) is 0 Å². The molecule has 0 aromatic carbocycles. The Labute approximate surface area is 116 Å². The number of unbranched alkanes of at least 4 members (excludes halogenated alkanes) is 2. The molecule has 3 nitrogen and oxygen atoms in total. The molecule has 98 valence electrons. The maximum atomic E-state index is 9.09. The Bertz CT molecular complexity index is 237. The van der Waals surface area contributed by atoms with Crippen LogP contribution in [0, 0.1) is 0 Å². The molecule has 0 spiro atoms. The van der Waals surface area contributed by atoms with Crippen LogP contribution >= 0.6 is 41.5 Å². The average molecular weight is 330 g/mol. The molecule has 0 saturated carbocycles. The minimum absolute atomic E-state index is 0.553. The van der Waals surface area contributed by atoms with Crippen molar-refractivity contribution in [2.24, 2.45) is 0 Å². The van der Waals surface area contributed by atoms with Crippen molar-refractivity contribution >= 4 is 53.3 Å². The van der Waals surface area contributed by atoms with E-state index in [0.29, 0.717) is 6.42 Å². The van der Waals surface area contributed by atoms with E-state index in [4.69, 9.17) is 49.1 Å². The molecule has 0 aromatic heterocycles. The van der Waals surface area contributed by atoms with E-state index >= 15 is 0 Å². The lowest BCUT2D eigenvalue weighted by atomic mass is 10.1. The average Bonchev–Trinajstić information content (AvgIpc) is 2.13. The second-order valence-corrected chi connectivity index (χ2v) is 7.70. The molecular formula is C8H16Cl3O3PS. The predicted octanol–water partition coefficient (Wildman–Crippen LogP) is 3.57. The van der Waals surface area contributed by atoms with Crippen molar-refractivity contribution in [2.75, 3.05) is 0 Å². The van der Waals surface area contributed by atoms with Crippen LogP contribution in [-0.2, 0) is 16.3 Å². The van der Waals surface area contributed by atoms with Gasteiger partial charge < -0.3 is 14.3 Å². The maximum absolute atomic E-state index is 9.09. The summed E-state index contributed by atoms with van der Waals surface area (Å²) in [5.41, 5.74) is 0. The summed E-state index contributed by atoms with van der Waals surface area (Å²) in [4.78, 5) is 17.3. The lowest BCUT2D eigenvalue weighted by Gasteiger charge is -2.25. The molecule has 2 atom stereocenters. The second kappa shape index (κ2) is 8.49. The van der Waals surface area contributed by atoms with E-state index in [0.717, 1.165) is 19.3 Å². The van der Waals surface area contributed by atoms with E-state index in [1.54, 1.807) is 0 Å². The Morgan fingerprint density at radius 3 is 2.19 bits per heavy atom. The van der Waals surface area contributed by atoms with E-state index in [2.05, 4.69) is 18.7 Å². The summed E-state index contributed by atoms with van der Waals surface area (Å²) in [6.07, 6.45) is 2.81. The monoisotopic (exact) mass is 328 g/mol. The molecule has 16 heavy (non-hydrogen) atoms. The van der Waals surface area contributed by atoms with Gasteiger partial charge in [0.05, 0.1) is 11.5 Å². The van der Waals surface area contributed by atoms with Crippen molar-refractivity contribution in [1.82, 2.24) is 0 Å². The highest BCUT2D eigenvalue weighted by Crippen LogP contribution is 2.41. The molecule has 0 aliphatic carbocycles. The summed E-state index contributed by atoms with van der Waals surface area (Å²) in [6.45, 7) is -1.67. The zero-order chi connectivity index (χ0) is 12.8. The van der Waals surface area contributed by atoms with Gasteiger partial charge >= 0.3 is 6.72 Å². The Hall–Kier alpha value is 1.40. The second-order valence-electron chi connectivity index (χ2n) is 3.41. The molecule has 2 unspecified atom stereocenters. The van der Waals surface area contributed by atoms with Gasteiger partial charge in [-0.25, -0.2) is 0 Å². The molecule has 8 heteroatoms. The van der Waals surface area contributed by atoms with Gasteiger partial charge in [-0.1, -0.05) is 26.2 Å². The van der Waals surface area contributed by atoms with Gasteiger partial charge in [0.2, 0.25) is 0 Å². The molecule has 0 bridgehead atoms. The molecule has 0 saturated heterocycles. The largest absolute Gasteiger partial charge is 0.325 e. The highest BCUT2D eigenvalue weighted by molar-refractivity contribution is 8.06. The molecule has 0 aliphatic heterocycles. The van der Waals surface area contributed by atoms with Crippen molar-refractivity contribution < 1.29 is 14.3 Å².